The number of anilines is 2. The molecule has 0 radical (unpaired) electrons. The lowest BCUT2D eigenvalue weighted by molar-refractivity contribution is 0.632. The highest BCUT2D eigenvalue weighted by molar-refractivity contribution is 6.35. The summed E-state index contributed by atoms with van der Waals surface area (Å²) in [5, 5.41) is 9.86. The van der Waals surface area contributed by atoms with E-state index >= 15 is 0 Å². The van der Waals surface area contributed by atoms with Crippen molar-refractivity contribution in [1.82, 2.24) is 14.5 Å². The summed E-state index contributed by atoms with van der Waals surface area (Å²) in [6.07, 6.45) is 6.15. The molecule has 150 valence electrons. The van der Waals surface area contributed by atoms with Crippen molar-refractivity contribution in [3.05, 3.63) is 46.2 Å². The molecule has 0 N–H and O–H groups in total. The zero-order valence-corrected chi connectivity index (χ0v) is 18.0. The fourth-order valence-electron chi connectivity index (χ4n) is 4.46. The Morgan fingerprint density at radius 2 is 1.97 bits per heavy atom. The van der Waals surface area contributed by atoms with E-state index in [-0.39, 0.29) is 0 Å². The van der Waals surface area contributed by atoms with Gasteiger partial charge >= 0.3 is 0 Å². The van der Waals surface area contributed by atoms with Gasteiger partial charge < -0.3 is 9.47 Å². The molecule has 0 unspecified atom stereocenters. The maximum absolute atomic E-state index is 9.16. The maximum atomic E-state index is 9.16. The number of rotatable bonds is 4. The zero-order valence-electron chi connectivity index (χ0n) is 17.2. The Morgan fingerprint density at radius 3 is 2.66 bits per heavy atom. The summed E-state index contributed by atoms with van der Waals surface area (Å²) in [4.78, 5) is 11.6. The van der Waals surface area contributed by atoms with Crippen LogP contribution in [-0.2, 0) is 6.54 Å². The van der Waals surface area contributed by atoms with Crippen molar-refractivity contribution in [3.8, 4) is 6.07 Å². The van der Waals surface area contributed by atoms with E-state index in [2.05, 4.69) is 40.4 Å². The summed E-state index contributed by atoms with van der Waals surface area (Å²) >= 11 is 6.60. The Labute approximate surface area is 176 Å². The summed E-state index contributed by atoms with van der Waals surface area (Å²) in [6, 6.07) is 8.14. The van der Waals surface area contributed by atoms with Crippen LogP contribution >= 0.6 is 11.6 Å². The van der Waals surface area contributed by atoms with Crippen LogP contribution < -0.4 is 4.90 Å². The van der Waals surface area contributed by atoms with Gasteiger partial charge in [-0.1, -0.05) is 31.5 Å². The Hall–Kier alpha value is -2.58. The lowest BCUT2D eigenvalue weighted by Crippen LogP contribution is -2.21. The monoisotopic (exact) mass is 407 g/mol. The molecule has 0 atom stereocenters. The molecule has 5 nitrogen and oxygen atoms in total. The van der Waals surface area contributed by atoms with Crippen LogP contribution in [0.15, 0.2) is 24.4 Å². The number of hydrogen-bond donors (Lipinski definition) is 0. The van der Waals surface area contributed by atoms with Crippen LogP contribution in [0.3, 0.4) is 0 Å². The SMILES string of the molecule is CCC(CC)c1ccc(Cl)c2nc3n(c12)CCCCN3c1cnc(C#N)cc1C. The number of nitriles is 1. The molecule has 0 spiro atoms. The second kappa shape index (κ2) is 8.04. The van der Waals surface area contributed by atoms with E-state index in [1.165, 1.54) is 11.1 Å². The lowest BCUT2D eigenvalue weighted by atomic mass is 9.93. The van der Waals surface area contributed by atoms with E-state index in [4.69, 9.17) is 21.8 Å². The molecule has 2 aromatic heterocycles. The van der Waals surface area contributed by atoms with E-state index < -0.39 is 0 Å². The molecular formula is C23H26ClN5. The highest BCUT2D eigenvalue weighted by Gasteiger charge is 2.26. The number of aromatic nitrogens is 3. The topological polar surface area (TPSA) is 57.7 Å². The van der Waals surface area contributed by atoms with Crippen LogP contribution in [0.4, 0.5) is 11.6 Å². The molecule has 0 bridgehead atoms. The molecule has 29 heavy (non-hydrogen) atoms. The number of fused-ring (bicyclic) bond motifs is 3. The highest BCUT2D eigenvalue weighted by Crippen LogP contribution is 2.39. The van der Waals surface area contributed by atoms with Gasteiger partial charge in [0.2, 0.25) is 5.95 Å². The van der Waals surface area contributed by atoms with Gasteiger partial charge in [-0.2, -0.15) is 5.26 Å². The van der Waals surface area contributed by atoms with E-state index in [1.807, 2.05) is 19.1 Å². The number of nitrogens with zero attached hydrogens (tertiary/aromatic N) is 5. The molecule has 0 amide bonds. The van der Waals surface area contributed by atoms with Gasteiger partial charge in [-0.25, -0.2) is 9.97 Å². The van der Waals surface area contributed by atoms with E-state index in [0.29, 0.717) is 16.6 Å². The van der Waals surface area contributed by atoms with Crippen molar-refractivity contribution in [1.29, 1.82) is 5.26 Å². The second-order valence-electron chi connectivity index (χ2n) is 7.74. The fourth-order valence-corrected chi connectivity index (χ4v) is 4.65. The molecule has 1 aromatic carbocycles. The van der Waals surface area contributed by atoms with Crippen LogP contribution in [0.25, 0.3) is 11.0 Å². The van der Waals surface area contributed by atoms with Gasteiger partial charge in [-0.05, 0) is 61.8 Å². The van der Waals surface area contributed by atoms with Crippen molar-refractivity contribution in [2.75, 3.05) is 11.4 Å². The van der Waals surface area contributed by atoms with Crippen LogP contribution in [0.1, 0.15) is 62.3 Å². The van der Waals surface area contributed by atoms with Crippen LogP contribution in [0.2, 0.25) is 5.02 Å². The fraction of sp³-hybridized carbons (Fsp3) is 0.435. The Balaban J connectivity index is 1.95. The average molecular weight is 408 g/mol. The quantitative estimate of drug-likeness (QED) is 0.524. The Kier molecular flexibility index (Phi) is 5.47. The van der Waals surface area contributed by atoms with Crippen molar-refractivity contribution >= 4 is 34.3 Å². The second-order valence-corrected chi connectivity index (χ2v) is 8.14. The van der Waals surface area contributed by atoms with E-state index in [1.54, 1.807) is 6.20 Å². The molecule has 4 rings (SSSR count). The first-order valence-electron chi connectivity index (χ1n) is 10.4. The van der Waals surface area contributed by atoms with Crippen molar-refractivity contribution in [3.63, 3.8) is 0 Å². The average Bonchev–Trinajstić information content (AvgIpc) is 2.99. The van der Waals surface area contributed by atoms with Gasteiger partial charge in [0, 0.05) is 13.1 Å². The zero-order chi connectivity index (χ0) is 20.5. The molecule has 6 heteroatoms. The number of hydrogen-bond acceptors (Lipinski definition) is 4. The Morgan fingerprint density at radius 1 is 1.21 bits per heavy atom. The third-order valence-corrected chi connectivity index (χ3v) is 6.33. The minimum Gasteiger partial charge on any atom is -0.310 e. The van der Waals surface area contributed by atoms with Crippen molar-refractivity contribution < 1.29 is 0 Å². The highest BCUT2D eigenvalue weighted by atomic mass is 35.5. The van der Waals surface area contributed by atoms with Crippen LogP contribution in [-0.4, -0.2) is 21.1 Å². The third-order valence-electron chi connectivity index (χ3n) is 6.03. The third kappa shape index (κ3) is 3.36. The van der Waals surface area contributed by atoms with Crippen molar-refractivity contribution in [2.45, 2.75) is 58.9 Å². The summed E-state index contributed by atoms with van der Waals surface area (Å²) < 4.78 is 2.35. The first kappa shape index (κ1) is 19.7. The minimum absolute atomic E-state index is 0.439. The molecule has 0 fully saturated rings. The Bertz CT molecular complexity index is 1090. The summed E-state index contributed by atoms with van der Waals surface area (Å²) in [7, 11) is 0. The first-order valence-corrected chi connectivity index (χ1v) is 10.8. The first-order chi connectivity index (χ1) is 14.1. The molecular weight excluding hydrogens is 382 g/mol. The number of pyridine rings is 1. The maximum Gasteiger partial charge on any atom is 0.211 e. The van der Waals surface area contributed by atoms with E-state index in [9.17, 15) is 0 Å². The normalized spacial score (nSPS) is 14.1. The predicted octanol–water partition coefficient (Wildman–Crippen LogP) is 6.10. The summed E-state index contributed by atoms with van der Waals surface area (Å²) in [6.45, 7) is 8.31. The van der Waals surface area contributed by atoms with Gasteiger partial charge in [-0.15, -0.1) is 0 Å². The summed E-state index contributed by atoms with van der Waals surface area (Å²) in [5.74, 6) is 1.41. The minimum atomic E-state index is 0.439. The largest absolute Gasteiger partial charge is 0.310 e. The van der Waals surface area contributed by atoms with Crippen molar-refractivity contribution in [2.24, 2.45) is 0 Å². The molecule has 1 aliphatic heterocycles. The molecule has 1 aliphatic rings. The van der Waals surface area contributed by atoms with Gasteiger partial charge in [0.1, 0.15) is 17.3 Å². The lowest BCUT2D eigenvalue weighted by Gasteiger charge is -2.24. The number of benzene rings is 1. The summed E-state index contributed by atoms with van der Waals surface area (Å²) in [5.41, 5.74) is 5.87. The van der Waals surface area contributed by atoms with Gasteiger partial charge in [0.05, 0.1) is 22.4 Å². The van der Waals surface area contributed by atoms with Crippen LogP contribution in [0, 0.1) is 18.3 Å². The smallest absolute Gasteiger partial charge is 0.211 e. The van der Waals surface area contributed by atoms with Gasteiger partial charge in [0.15, 0.2) is 0 Å². The standard InChI is InChI=1S/C23H26ClN5/c1-4-16(5-2)18-8-9-19(24)21-22(18)29-11-7-6-10-28(23(29)27-21)20-14-26-17(13-25)12-15(20)3/h8-9,12,14,16H,4-7,10-11H2,1-3H3. The number of halogens is 1. The molecule has 0 saturated heterocycles. The van der Waals surface area contributed by atoms with Gasteiger partial charge in [-0.3, -0.25) is 0 Å². The molecule has 3 heterocycles. The predicted molar refractivity (Wildman–Crippen MR) is 118 cm³/mol. The molecule has 0 saturated carbocycles. The molecule has 3 aromatic rings. The van der Waals surface area contributed by atoms with Crippen LogP contribution in [0.5, 0.6) is 0 Å². The number of imidazole rings is 1. The van der Waals surface area contributed by atoms with Gasteiger partial charge in [0.25, 0.3) is 0 Å². The number of aryl methyl sites for hydroxylation is 2. The molecule has 0 aliphatic carbocycles. The van der Waals surface area contributed by atoms with E-state index in [0.717, 1.165) is 61.5 Å².